The minimum atomic E-state index is -0.711. The average Bonchev–Trinajstić information content (AvgIpc) is 3.00. The smallest absolute Gasteiger partial charge is 0.102 e. The summed E-state index contributed by atoms with van der Waals surface area (Å²) in [6.45, 7) is -0.191. The molecular formula is C11H14O2. The quantitative estimate of drug-likeness (QED) is 0.738. The lowest BCUT2D eigenvalue weighted by molar-refractivity contribution is 0.0949. The number of benzene rings is 1. The number of hydrogen-bond acceptors (Lipinski definition) is 2. The maximum absolute atomic E-state index is 9.54. The SMILES string of the molecule is OCC(O)c1ccccc1C1CC1. The van der Waals surface area contributed by atoms with Gasteiger partial charge in [-0.3, -0.25) is 0 Å². The average molecular weight is 178 g/mol. The first kappa shape index (κ1) is 8.73. The molecule has 0 bridgehead atoms. The molecule has 0 radical (unpaired) electrons. The van der Waals surface area contributed by atoms with Gasteiger partial charge in [0, 0.05) is 0 Å². The van der Waals surface area contributed by atoms with Crippen LogP contribution in [0.5, 0.6) is 0 Å². The van der Waals surface area contributed by atoms with Crippen LogP contribution in [0.2, 0.25) is 0 Å². The molecule has 1 fully saturated rings. The Bertz CT molecular complexity index is 292. The predicted octanol–water partition coefficient (Wildman–Crippen LogP) is 1.59. The van der Waals surface area contributed by atoms with Crippen molar-refractivity contribution >= 4 is 0 Å². The minimum Gasteiger partial charge on any atom is -0.393 e. The van der Waals surface area contributed by atoms with Crippen LogP contribution >= 0.6 is 0 Å². The fraction of sp³-hybridized carbons (Fsp3) is 0.455. The molecule has 2 nitrogen and oxygen atoms in total. The molecule has 1 aliphatic rings. The summed E-state index contributed by atoms with van der Waals surface area (Å²) in [5, 5.41) is 18.4. The Morgan fingerprint density at radius 3 is 2.62 bits per heavy atom. The van der Waals surface area contributed by atoms with Crippen LogP contribution in [0, 0.1) is 0 Å². The molecule has 0 saturated heterocycles. The monoisotopic (exact) mass is 178 g/mol. The highest BCUT2D eigenvalue weighted by molar-refractivity contribution is 5.34. The van der Waals surface area contributed by atoms with Crippen molar-refractivity contribution in [1.82, 2.24) is 0 Å². The summed E-state index contributed by atoms with van der Waals surface area (Å²) in [6, 6.07) is 7.84. The lowest BCUT2D eigenvalue weighted by Crippen LogP contribution is -2.05. The van der Waals surface area contributed by atoms with Crippen molar-refractivity contribution in [2.75, 3.05) is 6.61 Å². The standard InChI is InChI=1S/C11H14O2/c12-7-11(13)10-4-2-1-3-9(10)8-5-6-8/h1-4,8,11-13H,5-7H2. The third-order valence-corrected chi connectivity index (χ3v) is 2.55. The van der Waals surface area contributed by atoms with Gasteiger partial charge in [0.2, 0.25) is 0 Å². The topological polar surface area (TPSA) is 40.5 Å². The molecule has 1 aromatic carbocycles. The van der Waals surface area contributed by atoms with Crippen molar-refractivity contribution in [2.24, 2.45) is 0 Å². The summed E-state index contributed by atoms with van der Waals surface area (Å²) in [5.41, 5.74) is 2.11. The molecule has 70 valence electrons. The van der Waals surface area contributed by atoms with E-state index in [0.29, 0.717) is 5.92 Å². The Balaban J connectivity index is 2.31. The van der Waals surface area contributed by atoms with Gasteiger partial charge in [-0.15, -0.1) is 0 Å². The number of aliphatic hydroxyl groups is 2. The zero-order chi connectivity index (χ0) is 9.26. The minimum absolute atomic E-state index is 0.191. The number of aliphatic hydroxyl groups excluding tert-OH is 2. The van der Waals surface area contributed by atoms with Crippen LogP contribution in [0.4, 0.5) is 0 Å². The molecule has 1 atom stereocenters. The van der Waals surface area contributed by atoms with Gasteiger partial charge < -0.3 is 10.2 Å². The molecule has 1 aliphatic carbocycles. The molecule has 2 N–H and O–H groups in total. The van der Waals surface area contributed by atoms with Gasteiger partial charge in [0.1, 0.15) is 6.10 Å². The van der Waals surface area contributed by atoms with E-state index >= 15 is 0 Å². The molecule has 0 heterocycles. The van der Waals surface area contributed by atoms with Gasteiger partial charge >= 0.3 is 0 Å². The maximum Gasteiger partial charge on any atom is 0.102 e. The molecule has 0 aromatic heterocycles. The van der Waals surface area contributed by atoms with E-state index in [1.807, 2.05) is 24.3 Å². The fourth-order valence-corrected chi connectivity index (χ4v) is 1.68. The Kier molecular flexibility index (Phi) is 2.34. The van der Waals surface area contributed by atoms with Crippen molar-refractivity contribution in [3.63, 3.8) is 0 Å². The lowest BCUT2D eigenvalue weighted by Gasteiger charge is -2.12. The highest BCUT2D eigenvalue weighted by Crippen LogP contribution is 2.42. The van der Waals surface area contributed by atoms with Crippen LogP contribution in [-0.2, 0) is 0 Å². The molecule has 0 spiro atoms. The second-order valence-electron chi connectivity index (χ2n) is 3.60. The molecule has 0 aliphatic heterocycles. The Labute approximate surface area is 77.8 Å². The first-order chi connectivity index (χ1) is 6.33. The Morgan fingerprint density at radius 1 is 1.31 bits per heavy atom. The van der Waals surface area contributed by atoms with Gasteiger partial charge in [0.05, 0.1) is 6.61 Å². The van der Waals surface area contributed by atoms with Gasteiger partial charge in [-0.25, -0.2) is 0 Å². The van der Waals surface area contributed by atoms with E-state index in [1.165, 1.54) is 18.4 Å². The van der Waals surface area contributed by atoms with Crippen LogP contribution in [0.3, 0.4) is 0 Å². The van der Waals surface area contributed by atoms with Gasteiger partial charge in [-0.1, -0.05) is 24.3 Å². The molecule has 2 rings (SSSR count). The third kappa shape index (κ3) is 1.74. The van der Waals surface area contributed by atoms with E-state index in [2.05, 4.69) is 0 Å². The number of rotatable bonds is 3. The summed E-state index contributed by atoms with van der Waals surface area (Å²) in [5.74, 6) is 0.623. The van der Waals surface area contributed by atoms with Crippen molar-refractivity contribution in [1.29, 1.82) is 0 Å². The predicted molar refractivity (Wildman–Crippen MR) is 50.5 cm³/mol. The second kappa shape index (κ2) is 3.48. The number of hydrogen-bond donors (Lipinski definition) is 2. The van der Waals surface area contributed by atoms with Crippen LogP contribution in [0.25, 0.3) is 0 Å². The molecule has 13 heavy (non-hydrogen) atoms. The van der Waals surface area contributed by atoms with Gasteiger partial charge in [-0.2, -0.15) is 0 Å². The van der Waals surface area contributed by atoms with E-state index in [1.54, 1.807) is 0 Å². The second-order valence-corrected chi connectivity index (χ2v) is 3.60. The summed E-state index contributed by atoms with van der Waals surface area (Å²) in [4.78, 5) is 0. The molecule has 1 saturated carbocycles. The normalized spacial score (nSPS) is 18.6. The van der Waals surface area contributed by atoms with Crippen LogP contribution in [0.1, 0.15) is 36.0 Å². The van der Waals surface area contributed by atoms with Gasteiger partial charge in [-0.05, 0) is 29.9 Å². The van der Waals surface area contributed by atoms with E-state index < -0.39 is 6.10 Å². The highest BCUT2D eigenvalue weighted by atomic mass is 16.3. The van der Waals surface area contributed by atoms with Crippen LogP contribution < -0.4 is 0 Å². The first-order valence-corrected chi connectivity index (χ1v) is 4.70. The van der Waals surface area contributed by atoms with Gasteiger partial charge in [0.25, 0.3) is 0 Å². The first-order valence-electron chi connectivity index (χ1n) is 4.70. The van der Waals surface area contributed by atoms with Crippen LogP contribution in [0.15, 0.2) is 24.3 Å². The van der Waals surface area contributed by atoms with Gasteiger partial charge in [0.15, 0.2) is 0 Å². The van der Waals surface area contributed by atoms with E-state index in [0.717, 1.165) is 5.56 Å². The maximum atomic E-state index is 9.54. The molecule has 1 aromatic rings. The largest absolute Gasteiger partial charge is 0.393 e. The summed E-state index contributed by atoms with van der Waals surface area (Å²) >= 11 is 0. The molecule has 1 unspecified atom stereocenters. The summed E-state index contributed by atoms with van der Waals surface area (Å²) in [6.07, 6.45) is 1.72. The van der Waals surface area contributed by atoms with E-state index in [9.17, 15) is 5.11 Å². The van der Waals surface area contributed by atoms with E-state index in [4.69, 9.17) is 5.11 Å². The van der Waals surface area contributed by atoms with Crippen molar-refractivity contribution < 1.29 is 10.2 Å². The van der Waals surface area contributed by atoms with E-state index in [-0.39, 0.29) is 6.61 Å². The summed E-state index contributed by atoms with van der Waals surface area (Å²) in [7, 11) is 0. The van der Waals surface area contributed by atoms with Crippen molar-refractivity contribution in [3.05, 3.63) is 35.4 Å². The zero-order valence-corrected chi connectivity index (χ0v) is 7.48. The molecule has 0 amide bonds. The lowest BCUT2D eigenvalue weighted by atomic mass is 9.99. The third-order valence-electron chi connectivity index (χ3n) is 2.55. The molecule has 2 heteroatoms. The fourth-order valence-electron chi connectivity index (χ4n) is 1.68. The zero-order valence-electron chi connectivity index (χ0n) is 7.48. The van der Waals surface area contributed by atoms with Crippen molar-refractivity contribution in [3.8, 4) is 0 Å². The van der Waals surface area contributed by atoms with Crippen molar-refractivity contribution in [2.45, 2.75) is 24.9 Å². The summed E-state index contributed by atoms with van der Waals surface area (Å²) < 4.78 is 0. The van der Waals surface area contributed by atoms with Crippen LogP contribution in [-0.4, -0.2) is 16.8 Å². The molecular weight excluding hydrogens is 164 g/mol. The Morgan fingerprint density at radius 2 is 2.00 bits per heavy atom. The highest BCUT2D eigenvalue weighted by Gasteiger charge is 2.27. The Hall–Kier alpha value is -0.860.